The van der Waals surface area contributed by atoms with E-state index in [0.717, 1.165) is 16.7 Å². The Hall–Kier alpha value is -3.43. The molecule has 2 heterocycles. The molecule has 4 aromatic carbocycles. The van der Waals surface area contributed by atoms with E-state index in [-0.39, 0.29) is 23.8 Å². The van der Waals surface area contributed by atoms with Crippen LogP contribution in [0.2, 0.25) is 0 Å². The van der Waals surface area contributed by atoms with E-state index in [9.17, 15) is 9.59 Å². The quantitative estimate of drug-likeness (QED) is 0.188. The van der Waals surface area contributed by atoms with Crippen LogP contribution in [0.5, 0.6) is 0 Å². The number of ether oxygens (including phenoxy) is 1. The lowest BCUT2D eigenvalue weighted by molar-refractivity contribution is -0.0803. The SMILES string of the molecule is CC(C)(C)[C@@H]1[P@](OCC(=O)c2ccccc2)[C@]2(c3ccccc3)O[C@@]1(c1ccccc1)C(=O)c1ccccc12. The Morgan fingerprint density at radius 1 is 0.795 bits per heavy atom. The van der Waals surface area contributed by atoms with Gasteiger partial charge in [-0.25, -0.2) is 0 Å². The Balaban J connectivity index is 1.62. The summed E-state index contributed by atoms with van der Waals surface area (Å²) in [7, 11) is -1.57. The molecule has 0 aliphatic carbocycles. The fourth-order valence-electron chi connectivity index (χ4n) is 6.20. The van der Waals surface area contributed by atoms with Crippen molar-refractivity contribution >= 4 is 19.7 Å². The molecular formula is C34H31O4P. The summed E-state index contributed by atoms with van der Waals surface area (Å²) in [6.07, 6.45) is 0. The van der Waals surface area contributed by atoms with Crippen LogP contribution in [0.1, 0.15) is 58.2 Å². The molecule has 5 heteroatoms. The maximum absolute atomic E-state index is 14.7. The molecule has 2 bridgehead atoms. The molecule has 2 aliphatic heterocycles. The molecular weight excluding hydrogens is 503 g/mol. The van der Waals surface area contributed by atoms with Crippen LogP contribution < -0.4 is 0 Å². The standard InChI is InChI=1S/C34H31O4P/c1-32(2,3)31-33(25-17-9-5-10-18-25)30(36)27-21-13-14-22-28(27)34(38-33,26-19-11-6-12-20-26)39(31)37-23-29(35)24-15-7-4-8-16-24/h4-22,31H,23H2,1-3H3/t31-,33-,34-,39-/m0/s1. The zero-order chi connectivity index (χ0) is 27.3. The smallest absolute Gasteiger partial charge is 0.200 e. The Morgan fingerprint density at radius 3 is 1.95 bits per heavy atom. The van der Waals surface area contributed by atoms with Crippen molar-refractivity contribution in [3.8, 4) is 0 Å². The summed E-state index contributed by atoms with van der Waals surface area (Å²) in [5, 5.41) is -1.04. The summed E-state index contributed by atoms with van der Waals surface area (Å²) in [5.41, 5.74) is 1.78. The van der Waals surface area contributed by atoms with Gasteiger partial charge in [-0.05, 0) is 16.5 Å². The predicted octanol–water partition coefficient (Wildman–Crippen LogP) is 7.72. The first-order valence-electron chi connectivity index (χ1n) is 13.3. The van der Waals surface area contributed by atoms with Crippen molar-refractivity contribution in [1.29, 1.82) is 0 Å². The van der Waals surface area contributed by atoms with E-state index >= 15 is 0 Å². The summed E-state index contributed by atoms with van der Waals surface area (Å²) in [5.74, 6) is -0.150. The number of Topliss-reactive ketones (excluding diaryl/α,β-unsaturated/α-hetero) is 2. The highest BCUT2D eigenvalue weighted by Gasteiger charge is 2.74. The summed E-state index contributed by atoms with van der Waals surface area (Å²) >= 11 is 0. The van der Waals surface area contributed by atoms with Crippen LogP contribution in [0, 0.1) is 5.41 Å². The Labute approximate surface area is 230 Å². The molecule has 1 fully saturated rings. The van der Waals surface area contributed by atoms with Crippen LogP contribution in [0.3, 0.4) is 0 Å². The molecule has 6 rings (SSSR count). The van der Waals surface area contributed by atoms with E-state index in [1.54, 1.807) is 12.1 Å². The molecule has 0 amide bonds. The minimum Gasteiger partial charge on any atom is -0.347 e. The number of carbonyl (C=O) groups is 2. The van der Waals surface area contributed by atoms with Gasteiger partial charge in [-0.3, -0.25) is 9.59 Å². The van der Waals surface area contributed by atoms with Crippen molar-refractivity contribution in [2.75, 3.05) is 6.61 Å². The first-order valence-corrected chi connectivity index (χ1v) is 14.6. The number of benzene rings is 4. The van der Waals surface area contributed by atoms with Gasteiger partial charge in [0.2, 0.25) is 0 Å². The Bertz CT molecular complexity index is 1510. The van der Waals surface area contributed by atoms with Crippen LogP contribution in [0.15, 0.2) is 115 Å². The largest absolute Gasteiger partial charge is 0.347 e. The molecule has 0 N–H and O–H groups in total. The van der Waals surface area contributed by atoms with E-state index in [1.807, 2.05) is 103 Å². The van der Waals surface area contributed by atoms with Gasteiger partial charge in [0, 0.05) is 16.7 Å². The molecule has 4 atom stereocenters. The third-order valence-electron chi connectivity index (χ3n) is 7.73. The van der Waals surface area contributed by atoms with Gasteiger partial charge in [-0.1, -0.05) is 136 Å². The average molecular weight is 535 g/mol. The van der Waals surface area contributed by atoms with E-state index in [1.165, 1.54) is 0 Å². The molecule has 4 nitrogen and oxygen atoms in total. The lowest BCUT2D eigenvalue weighted by atomic mass is 9.71. The van der Waals surface area contributed by atoms with Crippen molar-refractivity contribution in [3.63, 3.8) is 0 Å². The predicted molar refractivity (Wildman–Crippen MR) is 154 cm³/mol. The van der Waals surface area contributed by atoms with E-state index in [2.05, 4.69) is 20.8 Å². The van der Waals surface area contributed by atoms with Crippen LogP contribution in [0.25, 0.3) is 0 Å². The molecule has 0 unspecified atom stereocenters. The molecule has 2 aliphatic rings. The lowest BCUT2D eigenvalue weighted by Gasteiger charge is -2.43. The minimum absolute atomic E-state index is 0.0567. The van der Waals surface area contributed by atoms with E-state index in [4.69, 9.17) is 9.26 Å². The normalized spacial score (nSPS) is 25.8. The van der Waals surface area contributed by atoms with E-state index in [0.29, 0.717) is 11.1 Å². The zero-order valence-electron chi connectivity index (χ0n) is 22.3. The number of ketones is 2. The van der Waals surface area contributed by atoms with Crippen molar-refractivity contribution in [2.24, 2.45) is 5.41 Å². The van der Waals surface area contributed by atoms with Gasteiger partial charge < -0.3 is 9.26 Å². The lowest BCUT2D eigenvalue weighted by Crippen LogP contribution is -2.52. The number of rotatable bonds is 6. The topological polar surface area (TPSA) is 52.6 Å². The van der Waals surface area contributed by atoms with Gasteiger partial charge in [-0.15, -0.1) is 0 Å². The second-order valence-corrected chi connectivity index (χ2v) is 13.3. The van der Waals surface area contributed by atoms with Gasteiger partial charge in [0.25, 0.3) is 0 Å². The third-order valence-corrected chi connectivity index (χ3v) is 11.0. The number of carbonyl (C=O) groups excluding carboxylic acids is 2. The van der Waals surface area contributed by atoms with Gasteiger partial charge in [0.15, 0.2) is 22.5 Å². The summed E-state index contributed by atoms with van der Waals surface area (Å²) in [4.78, 5) is 28.0. The summed E-state index contributed by atoms with van der Waals surface area (Å²) in [6.45, 7) is 6.32. The highest BCUT2D eigenvalue weighted by Crippen LogP contribution is 2.79. The van der Waals surface area contributed by atoms with Crippen LogP contribution >= 0.6 is 8.15 Å². The fourth-order valence-corrected chi connectivity index (χ4v) is 9.58. The van der Waals surface area contributed by atoms with Crippen molar-refractivity contribution in [2.45, 2.75) is 37.4 Å². The minimum atomic E-state index is -1.57. The first-order chi connectivity index (χ1) is 18.8. The molecule has 39 heavy (non-hydrogen) atoms. The maximum Gasteiger partial charge on any atom is 0.200 e. The number of hydrogen-bond donors (Lipinski definition) is 0. The molecule has 0 radical (unpaired) electrons. The molecule has 0 spiro atoms. The van der Waals surface area contributed by atoms with Gasteiger partial charge in [0.05, 0.1) is 13.8 Å². The fraction of sp³-hybridized carbons (Fsp3) is 0.235. The highest BCUT2D eigenvalue weighted by atomic mass is 31.1. The van der Waals surface area contributed by atoms with Gasteiger partial charge in [0.1, 0.15) is 6.61 Å². The van der Waals surface area contributed by atoms with Crippen molar-refractivity contribution in [1.82, 2.24) is 0 Å². The summed E-state index contributed by atoms with van der Waals surface area (Å²) < 4.78 is 14.1. The second-order valence-electron chi connectivity index (χ2n) is 11.2. The maximum atomic E-state index is 14.7. The monoisotopic (exact) mass is 534 g/mol. The molecule has 196 valence electrons. The van der Waals surface area contributed by atoms with E-state index < -0.39 is 24.5 Å². The zero-order valence-corrected chi connectivity index (χ0v) is 23.2. The third kappa shape index (κ3) is 3.93. The Morgan fingerprint density at radius 2 is 1.33 bits per heavy atom. The van der Waals surface area contributed by atoms with Gasteiger partial charge in [-0.2, -0.15) is 0 Å². The van der Waals surface area contributed by atoms with Crippen LogP contribution in [-0.4, -0.2) is 23.8 Å². The van der Waals surface area contributed by atoms with Gasteiger partial charge >= 0.3 is 0 Å². The van der Waals surface area contributed by atoms with Crippen molar-refractivity contribution in [3.05, 3.63) is 143 Å². The molecule has 1 saturated heterocycles. The molecule has 4 aromatic rings. The number of fused-ring (bicyclic) bond motifs is 4. The van der Waals surface area contributed by atoms with Crippen molar-refractivity contribution < 1.29 is 18.8 Å². The van der Waals surface area contributed by atoms with Crippen LogP contribution in [0.4, 0.5) is 0 Å². The summed E-state index contributed by atoms with van der Waals surface area (Å²) in [6, 6.07) is 36.8. The average Bonchev–Trinajstić information content (AvgIpc) is 3.27. The second kappa shape index (κ2) is 9.64. The molecule has 0 saturated carbocycles. The molecule has 0 aromatic heterocycles. The Kier molecular flexibility index (Phi) is 6.38. The number of hydrogen-bond acceptors (Lipinski definition) is 4. The highest BCUT2D eigenvalue weighted by molar-refractivity contribution is 7.55. The van der Waals surface area contributed by atoms with Crippen LogP contribution in [-0.2, 0) is 20.2 Å². The first kappa shape index (κ1) is 25.8.